The zero-order valence-corrected chi connectivity index (χ0v) is 11.5. The summed E-state index contributed by atoms with van der Waals surface area (Å²) >= 11 is 0. The number of likely N-dealkylation sites (N-methyl/N-ethyl adjacent to an activating group) is 1. The predicted molar refractivity (Wildman–Crippen MR) is 76.5 cm³/mol. The van der Waals surface area contributed by atoms with Crippen LogP contribution in [0.15, 0.2) is 24.3 Å². The van der Waals surface area contributed by atoms with Gasteiger partial charge < -0.3 is 19.9 Å². The fourth-order valence-electron chi connectivity index (χ4n) is 2.23. The van der Waals surface area contributed by atoms with Crippen molar-refractivity contribution in [3.05, 3.63) is 24.3 Å². The Morgan fingerprint density at radius 2 is 2.17 bits per heavy atom. The monoisotopic (exact) mass is 249 g/mol. The molecule has 100 valence electrons. The standard InChI is InChI=1S/C14H23N3O/c1-16(2)14-7-5-4-6-13(14)15-10-12-11-17(3)8-9-18-12/h4-7,12,15H,8-11H2,1-3H3. The van der Waals surface area contributed by atoms with Gasteiger partial charge >= 0.3 is 0 Å². The van der Waals surface area contributed by atoms with Gasteiger partial charge in [0.05, 0.1) is 24.1 Å². The SMILES string of the molecule is CN1CCOC(CNc2ccccc2N(C)C)C1. The Morgan fingerprint density at radius 3 is 2.89 bits per heavy atom. The first-order valence-electron chi connectivity index (χ1n) is 6.47. The number of nitrogens with zero attached hydrogens (tertiary/aromatic N) is 2. The quantitative estimate of drug-likeness (QED) is 0.875. The van der Waals surface area contributed by atoms with Crippen molar-refractivity contribution in [1.29, 1.82) is 0 Å². The summed E-state index contributed by atoms with van der Waals surface area (Å²) in [5.41, 5.74) is 2.38. The fraction of sp³-hybridized carbons (Fsp3) is 0.571. The van der Waals surface area contributed by atoms with Crippen molar-refractivity contribution in [1.82, 2.24) is 4.90 Å². The minimum atomic E-state index is 0.277. The highest BCUT2D eigenvalue weighted by Gasteiger charge is 2.17. The third-order valence-electron chi connectivity index (χ3n) is 3.25. The Bertz CT molecular complexity index is 381. The van der Waals surface area contributed by atoms with E-state index in [1.807, 2.05) is 0 Å². The van der Waals surface area contributed by atoms with Gasteiger partial charge in [-0.1, -0.05) is 12.1 Å². The molecule has 1 aromatic carbocycles. The molecule has 1 atom stereocenters. The zero-order valence-electron chi connectivity index (χ0n) is 11.5. The van der Waals surface area contributed by atoms with Gasteiger partial charge in [-0.15, -0.1) is 0 Å². The van der Waals surface area contributed by atoms with E-state index in [1.54, 1.807) is 0 Å². The van der Waals surface area contributed by atoms with Gasteiger partial charge in [0, 0.05) is 33.7 Å². The van der Waals surface area contributed by atoms with Crippen molar-refractivity contribution < 1.29 is 4.74 Å². The molecule has 18 heavy (non-hydrogen) atoms. The van der Waals surface area contributed by atoms with Crippen molar-refractivity contribution in [2.45, 2.75) is 6.10 Å². The van der Waals surface area contributed by atoms with Crippen molar-refractivity contribution >= 4 is 11.4 Å². The molecule has 2 rings (SSSR count). The predicted octanol–water partition coefficient (Wildman–Crippen LogP) is 1.50. The molecule has 0 aromatic heterocycles. The number of anilines is 2. The lowest BCUT2D eigenvalue weighted by Crippen LogP contribution is -2.43. The first kappa shape index (κ1) is 13.2. The van der Waals surface area contributed by atoms with E-state index in [-0.39, 0.29) is 6.10 Å². The summed E-state index contributed by atoms with van der Waals surface area (Å²) in [5.74, 6) is 0. The van der Waals surface area contributed by atoms with Gasteiger partial charge in [-0.2, -0.15) is 0 Å². The Morgan fingerprint density at radius 1 is 1.39 bits per heavy atom. The number of benzene rings is 1. The smallest absolute Gasteiger partial charge is 0.0874 e. The van der Waals surface area contributed by atoms with Crippen LogP contribution < -0.4 is 10.2 Å². The molecular weight excluding hydrogens is 226 g/mol. The molecule has 0 amide bonds. The van der Waals surface area contributed by atoms with Crippen LogP contribution >= 0.6 is 0 Å². The second-order valence-electron chi connectivity index (χ2n) is 5.05. The molecular formula is C14H23N3O. The van der Waals surface area contributed by atoms with Gasteiger partial charge in [0.2, 0.25) is 0 Å². The maximum Gasteiger partial charge on any atom is 0.0874 e. The summed E-state index contributed by atoms with van der Waals surface area (Å²) in [5, 5.41) is 3.49. The van der Waals surface area contributed by atoms with Crippen LogP contribution in [0.5, 0.6) is 0 Å². The number of nitrogens with one attached hydrogen (secondary N) is 1. The van der Waals surface area contributed by atoms with E-state index in [9.17, 15) is 0 Å². The van der Waals surface area contributed by atoms with Gasteiger partial charge in [-0.3, -0.25) is 0 Å². The van der Waals surface area contributed by atoms with Crippen molar-refractivity contribution in [3.63, 3.8) is 0 Å². The molecule has 0 radical (unpaired) electrons. The largest absolute Gasteiger partial charge is 0.381 e. The minimum absolute atomic E-state index is 0.277. The summed E-state index contributed by atoms with van der Waals surface area (Å²) in [4.78, 5) is 4.43. The summed E-state index contributed by atoms with van der Waals surface area (Å²) in [6.07, 6.45) is 0.277. The van der Waals surface area contributed by atoms with Gasteiger partial charge in [0.1, 0.15) is 0 Å². The van der Waals surface area contributed by atoms with Crippen LogP contribution in [0, 0.1) is 0 Å². The number of hydrogen-bond acceptors (Lipinski definition) is 4. The third kappa shape index (κ3) is 3.37. The molecule has 4 heteroatoms. The van der Waals surface area contributed by atoms with E-state index < -0.39 is 0 Å². The molecule has 1 saturated heterocycles. The average molecular weight is 249 g/mol. The summed E-state index contributed by atoms with van der Waals surface area (Å²) < 4.78 is 5.75. The third-order valence-corrected chi connectivity index (χ3v) is 3.25. The highest BCUT2D eigenvalue weighted by Crippen LogP contribution is 2.23. The van der Waals surface area contributed by atoms with Crippen LogP contribution in [0.25, 0.3) is 0 Å². The molecule has 1 fully saturated rings. The minimum Gasteiger partial charge on any atom is -0.381 e. The molecule has 0 bridgehead atoms. The summed E-state index contributed by atoms with van der Waals surface area (Å²) in [6, 6.07) is 8.35. The van der Waals surface area contributed by atoms with E-state index in [4.69, 9.17) is 4.74 Å². The summed E-state index contributed by atoms with van der Waals surface area (Å²) in [6.45, 7) is 3.72. The highest BCUT2D eigenvalue weighted by atomic mass is 16.5. The molecule has 1 unspecified atom stereocenters. The molecule has 0 spiro atoms. The van der Waals surface area contributed by atoms with Crippen LogP contribution in [-0.2, 0) is 4.74 Å². The topological polar surface area (TPSA) is 27.7 Å². The summed E-state index contributed by atoms with van der Waals surface area (Å²) in [7, 11) is 6.26. The number of para-hydroxylation sites is 2. The molecule has 1 aliphatic heterocycles. The second-order valence-corrected chi connectivity index (χ2v) is 5.05. The van der Waals surface area contributed by atoms with Gasteiger partial charge in [-0.05, 0) is 19.2 Å². The molecule has 0 aliphatic carbocycles. The van der Waals surface area contributed by atoms with Gasteiger partial charge in [-0.25, -0.2) is 0 Å². The van der Waals surface area contributed by atoms with E-state index in [0.29, 0.717) is 0 Å². The van der Waals surface area contributed by atoms with Crippen molar-refractivity contribution in [3.8, 4) is 0 Å². The molecule has 4 nitrogen and oxygen atoms in total. The number of morpholine rings is 1. The first-order chi connectivity index (χ1) is 8.66. The van der Waals surface area contributed by atoms with Crippen LogP contribution in [-0.4, -0.2) is 58.4 Å². The van der Waals surface area contributed by atoms with Gasteiger partial charge in [0.15, 0.2) is 0 Å². The zero-order chi connectivity index (χ0) is 13.0. The fourth-order valence-corrected chi connectivity index (χ4v) is 2.23. The lowest BCUT2D eigenvalue weighted by Gasteiger charge is -2.30. The number of rotatable bonds is 4. The van der Waals surface area contributed by atoms with Crippen molar-refractivity contribution in [2.75, 3.05) is 57.6 Å². The molecule has 1 aromatic rings. The molecule has 0 saturated carbocycles. The van der Waals surface area contributed by atoms with E-state index in [0.717, 1.165) is 26.2 Å². The maximum absolute atomic E-state index is 5.75. The number of hydrogen-bond donors (Lipinski definition) is 1. The van der Waals surface area contributed by atoms with Crippen LogP contribution in [0.2, 0.25) is 0 Å². The second kappa shape index (κ2) is 6.07. The van der Waals surface area contributed by atoms with E-state index >= 15 is 0 Å². The Kier molecular flexibility index (Phi) is 4.44. The first-order valence-corrected chi connectivity index (χ1v) is 6.47. The van der Waals surface area contributed by atoms with E-state index in [1.165, 1.54) is 11.4 Å². The normalized spacial score (nSPS) is 20.7. The number of ether oxygens (including phenoxy) is 1. The molecule has 1 N–H and O–H groups in total. The van der Waals surface area contributed by atoms with Crippen LogP contribution in [0.4, 0.5) is 11.4 Å². The Balaban J connectivity index is 1.93. The van der Waals surface area contributed by atoms with Crippen molar-refractivity contribution in [2.24, 2.45) is 0 Å². The lowest BCUT2D eigenvalue weighted by atomic mass is 10.2. The lowest BCUT2D eigenvalue weighted by molar-refractivity contribution is -0.0117. The molecule has 1 aliphatic rings. The van der Waals surface area contributed by atoms with Gasteiger partial charge in [0.25, 0.3) is 0 Å². The van der Waals surface area contributed by atoms with Crippen LogP contribution in [0.1, 0.15) is 0 Å². The highest BCUT2D eigenvalue weighted by molar-refractivity contribution is 5.69. The maximum atomic E-state index is 5.75. The molecule has 1 heterocycles. The Hall–Kier alpha value is -1.26. The average Bonchev–Trinajstić information content (AvgIpc) is 2.37. The Labute approximate surface area is 110 Å². The van der Waals surface area contributed by atoms with Crippen LogP contribution in [0.3, 0.4) is 0 Å². The van der Waals surface area contributed by atoms with E-state index in [2.05, 4.69) is 60.5 Å².